The molecule has 6 aromatic carbocycles. The van der Waals surface area contributed by atoms with Crippen LogP contribution >= 0.6 is 0 Å². The second-order valence-corrected chi connectivity index (χ2v) is 16.5. The third-order valence-electron chi connectivity index (χ3n) is 9.15. The van der Waals surface area contributed by atoms with E-state index in [1.165, 1.54) is 75.7 Å². The van der Waals surface area contributed by atoms with E-state index in [9.17, 15) is 50.5 Å². The molecule has 6 rings (SSSR count). The van der Waals surface area contributed by atoms with Crippen molar-refractivity contribution in [2.75, 3.05) is 30.6 Å². The summed E-state index contributed by atoms with van der Waals surface area (Å²) in [6.07, 6.45) is 0. The number of azo groups is 3. The van der Waals surface area contributed by atoms with Crippen LogP contribution in [0.15, 0.2) is 131 Å². The van der Waals surface area contributed by atoms with Gasteiger partial charge < -0.3 is 36.1 Å². The molecule has 0 saturated carbocycles. The number of rotatable bonds is 14. The summed E-state index contributed by atoms with van der Waals surface area (Å²) in [5.74, 6) is -3.09. The lowest BCUT2D eigenvalue weighted by Crippen LogP contribution is -2.11. The van der Waals surface area contributed by atoms with E-state index < -0.39 is 64.8 Å². The van der Waals surface area contributed by atoms with Crippen LogP contribution in [0.2, 0.25) is 0 Å². The van der Waals surface area contributed by atoms with E-state index in [-0.39, 0.29) is 62.1 Å². The standard InChI is InChI=1S/C41H35N9O13S2/c1-20-13-33(49-50-38-37(65(59,60)61)15-23-14-25(9-11-27(23)39(38)52)44-40(53)22-5-7-24(42)8-6-22)35(62-3)18-30(20)46-48-34-17-31(43-21(2)51)32(19-36(34)63-4)47-45-29-12-10-26(64(56,57)58)16-28(29)41(54)55/h5-19,52H,42H2,1-4H3,(H,43,51)(H,44,53)(H,54,55)(H,56,57,58)(H,59,60,61). The summed E-state index contributed by atoms with van der Waals surface area (Å²) in [5.41, 5.74) is 6.04. The molecule has 0 unspecified atom stereocenters. The first-order valence-corrected chi connectivity index (χ1v) is 21.3. The number of benzene rings is 6. The third kappa shape index (κ3) is 10.7. The Morgan fingerprint density at radius 1 is 0.662 bits per heavy atom. The molecule has 0 fully saturated rings. The summed E-state index contributed by atoms with van der Waals surface area (Å²) in [6.45, 7) is 2.84. The number of carboxylic acid groups (broad SMARTS) is 1. The SMILES string of the molecule is COc1cc(N=Nc2ccc(S(=O)(=O)O)cc2C(=O)O)c(NC(C)=O)cc1N=Nc1cc(OC)c(N=Nc2c(S(=O)(=O)O)cc3cc(NC(=O)c4ccc(N)cc4)ccc3c2O)cc1C. The number of carbonyl (C=O) groups is 3. The number of aryl methyl sites for hydroxylation is 1. The Hall–Kier alpha value is -8.19. The molecule has 0 heterocycles. The average molecular weight is 926 g/mol. The number of carboxylic acids is 1. The third-order valence-corrected chi connectivity index (χ3v) is 10.9. The van der Waals surface area contributed by atoms with Crippen LogP contribution in [0.1, 0.15) is 33.2 Å². The van der Waals surface area contributed by atoms with Crippen LogP contribution in [0.3, 0.4) is 0 Å². The number of nitrogens with zero attached hydrogens (tertiary/aromatic N) is 6. The number of hydrogen-bond acceptors (Lipinski definition) is 17. The van der Waals surface area contributed by atoms with E-state index in [0.29, 0.717) is 22.9 Å². The predicted molar refractivity (Wildman–Crippen MR) is 235 cm³/mol. The maximum Gasteiger partial charge on any atom is 0.338 e. The number of methoxy groups -OCH3 is 2. The molecular weight excluding hydrogens is 891 g/mol. The summed E-state index contributed by atoms with van der Waals surface area (Å²) < 4.78 is 78.7. The first-order valence-electron chi connectivity index (χ1n) is 18.4. The molecule has 8 N–H and O–H groups in total. The van der Waals surface area contributed by atoms with Gasteiger partial charge in [0.1, 0.15) is 44.8 Å². The van der Waals surface area contributed by atoms with Gasteiger partial charge in [-0.25, -0.2) is 4.79 Å². The van der Waals surface area contributed by atoms with Gasteiger partial charge in [-0.2, -0.15) is 21.9 Å². The molecule has 0 radical (unpaired) electrons. The lowest BCUT2D eigenvalue weighted by Gasteiger charge is -2.12. The first-order chi connectivity index (χ1) is 30.7. The van der Waals surface area contributed by atoms with Gasteiger partial charge in [0.2, 0.25) is 5.91 Å². The number of nitrogens with one attached hydrogen (secondary N) is 2. The number of fused-ring (bicyclic) bond motifs is 1. The average Bonchev–Trinajstić information content (AvgIpc) is 3.24. The summed E-state index contributed by atoms with van der Waals surface area (Å²) in [5, 5.41) is 51.0. The van der Waals surface area contributed by atoms with E-state index in [4.69, 9.17) is 15.2 Å². The number of phenols is 1. The van der Waals surface area contributed by atoms with Crippen LogP contribution in [0.5, 0.6) is 17.2 Å². The van der Waals surface area contributed by atoms with Crippen molar-refractivity contribution in [3.05, 3.63) is 108 Å². The maximum atomic E-state index is 12.8. The molecule has 0 bridgehead atoms. The number of anilines is 3. The monoisotopic (exact) mass is 925 g/mol. The first kappa shape index (κ1) is 46.3. The van der Waals surface area contributed by atoms with Crippen molar-refractivity contribution >= 4 is 100.0 Å². The Morgan fingerprint density at radius 2 is 1.26 bits per heavy atom. The quantitative estimate of drug-likeness (QED) is 0.0304. The molecule has 22 nitrogen and oxygen atoms in total. The molecule has 0 atom stereocenters. The number of ether oxygens (including phenoxy) is 2. The van der Waals surface area contributed by atoms with Crippen molar-refractivity contribution in [1.82, 2.24) is 0 Å². The normalized spacial score (nSPS) is 12.0. The summed E-state index contributed by atoms with van der Waals surface area (Å²) in [7, 11) is -7.12. The molecule has 334 valence electrons. The van der Waals surface area contributed by atoms with Crippen molar-refractivity contribution in [3.8, 4) is 17.2 Å². The zero-order chi connectivity index (χ0) is 47.4. The molecule has 0 aliphatic heterocycles. The molecule has 0 spiro atoms. The van der Waals surface area contributed by atoms with Crippen LogP contribution in [0.4, 0.5) is 51.2 Å². The number of nitrogen functional groups attached to an aromatic ring is 1. The second kappa shape index (κ2) is 18.7. The minimum atomic E-state index is -5.01. The van der Waals surface area contributed by atoms with Gasteiger partial charge >= 0.3 is 5.97 Å². The Bertz CT molecular complexity index is 3250. The van der Waals surface area contributed by atoms with Crippen LogP contribution in [0, 0.1) is 6.92 Å². The highest BCUT2D eigenvalue weighted by Crippen LogP contribution is 2.45. The lowest BCUT2D eigenvalue weighted by atomic mass is 10.1. The number of aromatic hydroxyl groups is 1. The maximum absolute atomic E-state index is 12.8. The van der Waals surface area contributed by atoms with Crippen LogP contribution in [0.25, 0.3) is 10.8 Å². The molecule has 0 saturated heterocycles. The fourth-order valence-corrected chi connectivity index (χ4v) is 7.16. The Labute approximate surface area is 368 Å². The van der Waals surface area contributed by atoms with Gasteiger partial charge in [0.25, 0.3) is 26.1 Å². The molecule has 0 aliphatic rings. The van der Waals surface area contributed by atoms with Gasteiger partial charge in [0.15, 0.2) is 5.75 Å². The number of phenolic OH excluding ortho intramolecular Hbond substituents is 1. The fraction of sp³-hybridized carbons (Fsp3) is 0.0976. The Morgan fingerprint density at radius 3 is 1.88 bits per heavy atom. The highest BCUT2D eigenvalue weighted by atomic mass is 32.2. The van der Waals surface area contributed by atoms with Crippen LogP contribution in [-0.2, 0) is 25.0 Å². The zero-order valence-electron chi connectivity index (χ0n) is 34.2. The number of aromatic carboxylic acids is 1. The minimum Gasteiger partial charge on any atom is -0.505 e. The van der Waals surface area contributed by atoms with Gasteiger partial charge in [-0.1, -0.05) is 0 Å². The number of nitrogens with two attached hydrogens (primary N) is 1. The van der Waals surface area contributed by atoms with Gasteiger partial charge in [-0.3, -0.25) is 18.7 Å². The van der Waals surface area contributed by atoms with Gasteiger partial charge in [0.05, 0.1) is 36.1 Å². The molecule has 65 heavy (non-hydrogen) atoms. The van der Waals surface area contributed by atoms with E-state index in [0.717, 1.165) is 18.2 Å². The van der Waals surface area contributed by atoms with Crippen molar-refractivity contribution in [2.45, 2.75) is 23.6 Å². The van der Waals surface area contributed by atoms with Gasteiger partial charge in [-0.15, -0.1) is 25.6 Å². The van der Waals surface area contributed by atoms with E-state index in [1.807, 2.05) is 0 Å². The topological polar surface area (TPSA) is 343 Å². The lowest BCUT2D eigenvalue weighted by molar-refractivity contribution is -0.114. The predicted octanol–water partition coefficient (Wildman–Crippen LogP) is 9.10. The largest absolute Gasteiger partial charge is 0.505 e. The molecule has 6 aromatic rings. The van der Waals surface area contributed by atoms with Gasteiger partial charge in [-0.05, 0) is 96.7 Å². The second-order valence-electron chi connectivity index (χ2n) is 13.7. The van der Waals surface area contributed by atoms with Crippen molar-refractivity contribution < 1.29 is 60.0 Å². The van der Waals surface area contributed by atoms with E-state index in [2.05, 4.69) is 41.3 Å². The minimum absolute atomic E-state index is 0.0305. The zero-order valence-corrected chi connectivity index (χ0v) is 35.8. The molecule has 2 amide bonds. The van der Waals surface area contributed by atoms with Gasteiger partial charge in [0, 0.05) is 41.4 Å². The van der Waals surface area contributed by atoms with Crippen molar-refractivity contribution in [2.24, 2.45) is 30.7 Å². The van der Waals surface area contributed by atoms with Crippen molar-refractivity contribution in [1.29, 1.82) is 0 Å². The Balaban J connectivity index is 1.31. The molecular formula is C41H35N9O13S2. The number of amides is 2. The smallest absolute Gasteiger partial charge is 0.338 e. The molecule has 24 heteroatoms. The van der Waals surface area contributed by atoms with E-state index >= 15 is 0 Å². The summed E-state index contributed by atoms with van der Waals surface area (Å²) in [6, 6.07) is 19.7. The summed E-state index contributed by atoms with van der Waals surface area (Å²) in [4.78, 5) is 35.3. The molecule has 0 aliphatic carbocycles. The highest BCUT2D eigenvalue weighted by molar-refractivity contribution is 7.86. The number of carbonyl (C=O) groups excluding carboxylic acids is 2. The summed E-state index contributed by atoms with van der Waals surface area (Å²) >= 11 is 0. The molecule has 0 aromatic heterocycles. The number of hydrogen-bond donors (Lipinski definition) is 7. The van der Waals surface area contributed by atoms with Crippen molar-refractivity contribution in [3.63, 3.8) is 0 Å². The Kier molecular flexibility index (Phi) is 13.3. The van der Waals surface area contributed by atoms with Crippen LogP contribution in [-0.4, -0.2) is 68.2 Å². The van der Waals surface area contributed by atoms with E-state index in [1.54, 1.807) is 19.1 Å². The highest BCUT2D eigenvalue weighted by Gasteiger charge is 2.23. The fourth-order valence-electron chi connectivity index (χ4n) is 6.00. The van der Waals surface area contributed by atoms with Crippen LogP contribution < -0.4 is 25.8 Å².